The van der Waals surface area contributed by atoms with Gasteiger partial charge in [0.05, 0.1) is 62.7 Å². The normalized spacial score (nSPS) is 16.4. The Bertz CT molecular complexity index is 6880. The largest absolute Gasteiger partial charge is 0.497 e. The fourth-order valence-corrected chi connectivity index (χ4v) is 20.4. The number of aryl methyl sites for hydroxylation is 2. The first-order valence-electron chi connectivity index (χ1n) is 44.6. The first-order chi connectivity index (χ1) is 64.4. The smallest absolute Gasteiger partial charge is 0.243 e. The number of rotatable bonds is 27. The number of nitrogens with two attached hydrogens (primary N) is 1. The van der Waals surface area contributed by atoms with Gasteiger partial charge in [0, 0.05) is 90.1 Å². The van der Waals surface area contributed by atoms with Crippen LogP contribution >= 0.6 is 0 Å². The van der Waals surface area contributed by atoms with Gasteiger partial charge in [0.1, 0.15) is 28.9 Å². The summed E-state index contributed by atoms with van der Waals surface area (Å²) in [4.78, 5) is 83.8. The first-order valence-corrected chi connectivity index (χ1v) is 49.5. The molecule has 4 aromatic heterocycles. The zero-order chi connectivity index (χ0) is 93.9. The Morgan fingerprint density at radius 3 is 1.49 bits per heavy atom. The fourth-order valence-electron chi connectivity index (χ4n) is 18.0. The van der Waals surface area contributed by atoms with Gasteiger partial charge in [-0.3, -0.25) is 38.9 Å². The zero-order valence-corrected chi connectivity index (χ0v) is 77.6. The summed E-state index contributed by atoms with van der Waals surface area (Å²) >= 11 is 0. The van der Waals surface area contributed by atoms with E-state index in [4.69, 9.17) is 38.3 Å². The van der Waals surface area contributed by atoms with Crippen LogP contribution in [0.15, 0.2) is 247 Å². The quantitative estimate of drug-likeness (QED) is 0.0371. The number of nitrogens with one attached hydrogen (secondary N) is 3. The molecule has 8 aromatic carbocycles. The molecule has 12 aromatic rings. The molecular weight excluding hydrogens is 1760 g/mol. The van der Waals surface area contributed by atoms with E-state index in [0.717, 1.165) is 166 Å². The molecule has 1 saturated heterocycles. The van der Waals surface area contributed by atoms with Crippen molar-refractivity contribution in [3.63, 3.8) is 0 Å². The van der Waals surface area contributed by atoms with Crippen LogP contribution in [0.2, 0.25) is 0 Å². The molecule has 27 nitrogen and oxygen atoms in total. The summed E-state index contributed by atoms with van der Waals surface area (Å²) in [5.74, 6) is 6.15. The average molecular weight is 1860 g/mol. The van der Waals surface area contributed by atoms with Gasteiger partial charge < -0.3 is 43.8 Å². The number of benzene rings is 8. The Morgan fingerprint density at radius 2 is 0.985 bits per heavy atom. The third kappa shape index (κ3) is 20.4. The monoisotopic (exact) mass is 1860 g/mol. The number of ether oxygens (including phenoxy) is 7. The standard InChI is InChI=1S/C27H25N3O6S.C27H27NO3.C26H29N3O4S.C24H22N2O5S/c31-25(27(10-11-27)19-6-9-23-24(14-19)36-17-35-23)15-20-2-1-3-22(29-20)18-4-7-21(8-5-18)37(33,34)30-13-12-28-26(32)16-30;1-17(2)19-5-4-6-20(12-19)23-15-28-22(11-18(23)3)14-26(29)27(9-10-27)21-7-8-24-25(13-21)31-16-30-24;1-33-22-14-12-21(13-15-22)26(16-3-4-17-26)25(30)29-24-7-5-6-23(28-24)20-10-8-19(9-11-20)18-27-34(2,31)32;1-15-20(16-2-6-19(7-3-16)32(25,28)29)8-5-18(26-15)13-23(27)24(10-11-24)17-4-9-21-22(12-17)31-14-30-21/h1-9,14H,10-13,15-17H2,(H,28,32);4-8,11-13,15,17H,9-10,14,16H2,1-3H3;5-15,27H,3-4,16-18H2,1-2H3,(H,28,29,30);2-9,12H,10-11,13-14H2,1H3,(H2,25,28,29). The number of anilines is 1. The van der Waals surface area contributed by atoms with Gasteiger partial charge in [-0.25, -0.2) is 40.1 Å². The molecule has 30 heteroatoms. The second-order valence-electron chi connectivity index (χ2n) is 35.4. The summed E-state index contributed by atoms with van der Waals surface area (Å²) in [6.45, 7) is 9.60. The third-order valence-electron chi connectivity index (χ3n) is 26.2. The van der Waals surface area contributed by atoms with Crippen molar-refractivity contribution in [1.29, 1.82) is 0 Å². The Kier molecular flexibility index (Phi) is 26.4. The maximum Gasteiger partial charge on any atom is 0.243 e. The number of nitrogens with zero attached hydrogens (tertiary/aromatic N) is 5. The maximum absolute atomic E-state index is 13.5. The number of carbonyl (C=O) groups excluding carboxylic acids is 5. The topological polar surface area (TPSA) is 369 Å². The van der Waals surface area contributed by atoms with Crippen LogP contribution in [-0.4, -0.2) is 132 Å². The van der Waals surface area contributed by atoms with Crippen LogP contribution in [0.3, 0.4) is 0 Å². The molecule has 20 rings (SSSR count). The summed E-state index contributed by atoms with van der Waals surface area (Å²) in [5, 5.41) is 10.8. The van der Waals surface area contributed by atoms with E-state index in [9.17, 15) is 49.2 Å². The molecule has 4 aliphatic carbocycles. The van der Waals surface area contributed by atoms with Gasteiger partial charge in [0.25, 0.3) is 0 Å². The maximum atomic E-state index is 13.5. The van der Waals surface area contributed by atoms with Gasteiger partial charge in [-0.05, 0) is 230 Å². The van der Waals surface area contributed by atoms with Crippen LogP contribution in [0, 0.1) is 13.8 Å². The molecule has 4 aliphatic heterocycles. The Labute approximate surface area is 779 Å². The van der Waals surface area contributed by atoms with Crippen molar-refractivity contribution < 1.29 is 82.4 Å². The van der Waals surface area contributed by atoms with Gasteiger partial charge in [-0.2, -0.15) is 4.31 Å². The van der Waals surface area contributed by atoms with Gasteiger partial charge in [0.2, 0.25) is 62.3 Å². The number of methoxy groups -OCH3 is 1. The van der Waals surface area contributed by atoms with Crippen LogP contribution in [0.5, 0.6) is 40.2 Å². The van der Waals surface area contributed by atoms with Crippen molar-refractivity contribution >= 4 is 65.1 Å². The molecule has 8 aliphatic rings. The second-order valence-corrected chi connectivity index (χ2v) is 40.8. The van der Waals surface area contributed by atoms with E-state index >= 15 is 0 Å². The van der Waals surface area contributed by atoms with Crippen LogP contribution in [-0.2, 0) is 102 Å². The highest BCUT2D eigenvalue weighted by Gasteiger charge is 2.54. The van der Waals surface area contributed by atoms with Crippen LogP contribution in [0.25, 0.3) is 44.8 Å². The molecule has 4 saturated carbocycles. The number of piperazine rings is 1. The van der Waals surface area contributed by atoms with Crippen LogP contribution < -0.4 is 53.7 Å². The van der Waals surface area contributed by atoms with Crippen molar-refractivity contribution in [1.82, 2.24) is 34.3 Å². The number of amides is 2. The minimum atomic E-state index is -3.77. The summed E-state index contributed by atoms with van der Waals surface area (Å²) in [5.41, 5.74) is 15.3. The number of carbonyl (C=O) groups is 5. The number of ketones is 3. The summed E-state index contributed by atoms with van der Waals surface area (Å²) in [7, 11) is -9.12. The lowest BCUT2D eigenvalue weighted by molar-refractivity contribution is -0.123. The number of fused-ring (bicyclic) bond motifs is 3. The highest BCUT2D eigenvalue weighted by molar-refractivity contribution is 7.89. The van der Waals surface area contributed by atoms with Gasteiger partial charge in [-0.1, -0.05) is 148 Å². The number of pyridine rings is 4. The highest BCUT2D eigenvalue weighted by Crippen LogP contribution is 2.55. The minimum absolute atomic E-state index is 0.0398. The first kappa shape index (κ1) is 92.5. The number of hydrogen-bond acceptors (Lipinski definition) is 22. The van der Waals surface area contributed by atoms with E-state index in [1.54, 1.807) is 37.4 Å². The Hall–Kier alpha value is -13.4. The molecular formula is C104H103N9O18S3. The van der Waals surface area contributed by atoms with Crippen molar-refractivity contribution in [2.45, 2.75) is 155 Å². The molecule has 2 amide bonds. The second kappa shape index (κ2) is 38.3. The fraction of sp³-hybridized carbons (Fsp3) is 0.298. The Balaban J connectivity index is 0.000000125. The van der Waals surface area contributed by atoms with E-state index in [1.165, 1.54) is 39.7 Å². The van der Waals surface area contributed by atoms with Gasteiger partial charge >= 0.3 is 0 Å². The number of Topliss-reactive ketones (excluding diaryl/α,β-unsaturated/α-hetero) is 3. The molecule has 0 spiro atoms. The molecule has 0 atom stereocenters. The third-order valence-corrected chi connectivity index (χ3v) is 29.7. The molecule has 0 unspecified atom stereocenters. The molecule has 134 heavy (non-hydrogen) atoms. The Morgan fingerprint density at radius 1 is 0.493 bits per heavy atom. The SMILES string of the molecule is COc1ccc(C2(C(=O)Nc3cccc(-c4ccc(CNS(C)(=O)=O)cc4)n3)CCCC2)cc1.Cc1cc(CC(=O)C2(c3ccc4c(c3)OCO4)CC2)ncc1-c1cccc(C(C)C)c1.Cc1nc(CC(=O)C2(c3ccc4c(c3)OCO4)CC2)ccc1-c1ccc(S(N)(=O)=O)cc1.O=C1CN(S(=O)(=O)c2ccc(-c3cccc(CC(=O)C4(c5ccc6c(c5)OCO6)CC4)n3)cc2)CCN1. The lowest BCUT2D eigenvalue weighted by atomic mass is 9.78. The van der Waals surface area contributed by atoms with E-state index in [2.05, 4.69) is 86.4 Å². The number of hydrogen-bond donors (Lipinski definition) is 4. The number of sulfonamides is 3. The number of primary sulfonamides is 1. The molecule has 5 N–H and O–H groups in total. The predicted molar refractivity (Wildman–Crippen MR) is 505 cm³/mol. The average Bonchev–Trinajstić information content (AvgIpc) is 1.60. The molecule has 0 bridgehead atoms. The van der Waals surface area contributed by atoms with Crippen LogP contribution in [0.4, 0.5) is 5.82 Å². The van der Waals surface area contributed by atoms with E-state index < -0.39 is 51.7 Å². The molecule has 5 fully saturated rings. The van der Waals surface area contributed by atoms with Crippen molar-refractivity contribution in [3.8, 4) is 85.0 Å². The summed E-state index contributed by atoms with van der Waals surface area (Å²) < 4.78 is 113. The van der Waals surface area contributed by atoms with E-state index in [0.29, 0.717) is 64.8 Å². The molecule has 690 valence electrons. The lowest BCUT2D eigenvalue weighted by Gasteiger charge is -2.28. The zero-order valence-electron chi connectivity index (χ0n) is 75.1. The van der Waals surface area contributed by atoms with Crippen LogP contribution in [0.1, 0.15) is 146 Å². The highest BCUT2D eigenvalue weighted by atomic mass is 32.2. The minimum Gasteiger partial charge on any atom is -0.497 e. The summed E-state index contributed by atoms with van der Waals surface area (Å²) in [6.07, 6.45) is 12.4. The predicted octanol–water partition coefficient (Wildman–Crippen LogP) is 15.7. The van der Waals surface area contributed by atoms with E-state index in [1.807, 2.05) is 159 Å². The van der Waals surface area contributed by atoms with Gasteiger partial charge in [0.15, 0.2) is 34.5 Å². The lowest BCUT2D eigenvalue weighted by Crippen LogP contribution is -2.49. The van der Waals surface area contributed by atoms with Gasteiger partial charge in [-0.15, -0.1) is 0 Å². The van der Waals surface area contributed by atoms with E-state index in [-0.39, 0.29) is 91.8 Å². The van der Waals surface area contributed by atoms with Crippen molar-refractivity contribution in [2.75, 3.05) is 58.7 Å². The molecule has 8 heterocycles. The number of aromatic nitrogens is 4. The van der Waals surface area contributed by atoms with Crippen molar-refractivity contribution in [3.05, 3.63) is 298 Å². The summed E-state index contributed by atoms with van der Waals surface area (Å²) in [6, 6.07) is 70.9. The van der Waals surface area contributed by atoms with Crippen molar-refractivity contribution in [2.24, 2.45) is 5.14 Å². The molecule has 0 radical (unpaired) electrons.